The first-order chi connectivity index (χ1) is 9.25. The summed E-state index contributed by atoms with van der Waals surface area (Å²) in [6.45, 7) is 0. The SMILES string of the molecule is O=C1CC[C@@H]2c3ccc4ccccc4c3[C@H](O)C[C@H]12. The van der Waals surface area contributed by atoms with E-state index < -0.39 is 6.10 Å². The van der Waals surface area contributed by atoms with Crippen LogP contribution in [0.5, 0.6) is 0 Å². The molecule has 2 heteroatoms. The van der Waals surface area contributed by atoms with Crippen LogP contribution in [0.1, 0.15) is 42.4 Å². The molecule has 0 saturated heterocycles. The maximum absolute atomic E-state index is 11.9. The van der Waals surface area contributed by atoms with Gasteiger partial charge in [0, 0.05) is 12.3 Å². The van der Waals surface area contributed by atoms with Gasteiger partial charge in [0.1, 0.15) is 5.78 Å². The van der Waals surface area contributed by atoms with Crippen molar-refractivity contribution in [2.75, 3.05) is 0 Å². The molecule has 0 unspecified atom stereocenters. The Hall–Kier alpha value is -1.67. The first-order valence-corrected chi connectivity index (χ1v) is 6.98. The lowest BCUT2D eigenvalue weighted by Gasteiger charge is -2.32. The summed E-state index contributed by atoms with van der Waals surface area (Å²) in [5.74, 6) is 0.710. The Morgan fingerprint density at radius 3 is 2.79 bits per heavy atom. The lowest BCUT2D eigenvalue weighted by Crippen LogP contribution is -2.24. The second-order valence-corrected chi connectivity index (χ2v) is 5.76. The quantitative estimate of drug-likeness (QED) is 0.780. The summed E-state index contributed by atoms with van der Waals surface area (Å²) in [7, 11) is 0. The van der Waals surface area contributed by atoms with Gasteiger partial charge in [0.2, 0.25) is 0 Å². The molecule has 0 bridgehead atoms. The number of rotatable bonds is 0. The van der Waals surface area contributed by atoms with Crippen molar-refractivity contribution in [3.05, 3.63) is 47.5 Å². The zero-order valence-electron chi connectivity index (χ0n) is 10.7. The number of aliphatic hydroxyl groups excluding tert-OH is 1. The Morgan fingerprint density at radius 2 is 1.89 bits per heavy atom. The highest BCUT2D eigenvalue weighted by Gasteiger charge is 2.42. The molecule has 0 amide bonds. The number of Topliss-reactive ketones (excluding diaryl/α,β-unsaturated/α-hetero) is 1. The van der Waals surface area contributed by atoms with Gasteiger partial charge < -0.3 is 5.11 Å². The Kier molecular flexibility index (Phi) is 2.30. The Balaban J connectivity index is 1.99. The Morgan fingerprint density at radius 1 is 1.05 bits per heavy atom. The summed E-state index contributed by atoms with van der Waals surface area (Å²) in [6, 6.07) is 12.4. The molecule has 4 rings (SSSR count). The number of carbonyl (C=O) groups excluding carboxylic acids is 1. The third kappa shape index (κ3) is 1.50. The van der Waals surface area contributed by atoms with Crippen LogP contribution < -0.4 is 0 Å². The van der Waals surface area contributed by atoms with Gasteiger partial charge in [0.25, 0.3) is 0 Å². The van der Waals surface area contributed by atoms with Crippen molar-refractivity contribution in [3.63, 3.8) is 0 Å². The summed E-state index contributed by atoms with van der Waals surface area (Å²) < 4.78 is 0. The molecule has 96 valence electrons. The van der Waals surface area contributed by atoms with E-state index in [2.05, 4.69) is 24.3 Å². The molecule has 0 heterocycles. The molecule has 0 aromatic heterocycles. The van der Waals surface area contributed by atoms with E-state index in [1.807, 2.05) is 12.1 Å². The first kappa shape index (κ1) is 11.2. The topological polar surface area (TPSA) is 37.3 Å². The van der Waals surface area contributed by atoms with Gasteiger partial charge in [-0.05, 0) is 40.7 Å². The Bertz CT molecular complexity index is 674. The van der Waals surface area contributed by atoms with Gasteiger partial charge in [-0.25, -0.2) is 0 Å². The fraction of sp³-hybridized carbons (Fsp3) is 0.353. The van der Waals surface area contributed by atoms with Crippen molar-refractivity contribution in [1.82, 2.24) is 0 Å². The molecule has 2 aromatic rings. The van der Waals surface area contributed by atoms with Crippen LogP contribution in [0.3, 0.4) is 0 Å². The predicted molar refractivity (Wildman–Crippen MR) is 74.0 cm³/mol. The first-order valence-electron chi connectivity index (χ1n) is 6.98. The normalized spacial score (nSPS) is 29.3. The fourth-order valence-corrected chi connectivity index (χ4v) is 3.94. The summed E-state index contributed by atoms with van der Waals surface area (Å²) in [5.41, 5.74) is 2.27. The van der Waals surface area contributed by atoms with E-state index >= 15 is 0 Å². The number of ketones is 1. The summed E-state index contributed by atoms with van der Waals surface area (Å²) >= 11 is 0. The van der Waals surface area contributed by atoms with Crippen molar-refractivity contribution in [2.24, 2.45) is 5.92 Å². The van der Waals surface area contributed by atoms with Crippen molar-refractivity contribution in [2.45, 2.75) is 31.3 Å². The third-order valence-electron chi connectivity index (χ3n) is 4.82. The molecule has 0 radical (unpaired) electrons. The standard InChI is InChI=1S/C17H16O2/c18-15-8-7-12-13-6-5-10-3-1-2-4-11(10)17(13)16(19)9-14(12)15/h1-6,12,14,16,19H,7-9H2/t12-,14+,16-/m1/s1. The van der Waals surface area contributed by atoms with Crippen LogP contribution in [0, 0.1) is 5.92 Å². The largest absolute Gasteiger partial charge is 0.388 e. The maximum Gasteiger partial charge on any atom is 0.136 e. The number of hydrogen-bond acceptors (Lipinski definition) is 2. The molecule has 3 atom stereocenters. The Labute approximate surface area is 112 Å². The van der Waals surface area contributed by atoms with Crippen LogP contribution in [-0.4, -0.2) is 10.9 Å². The van der Waals surface area contributed by atoms with Crippen LogP contribution >= 0.6 is 0 Å². The molecular weight excluding hydrogens is 236 g/mol. The minimum Gasteiger partial charge on any atom is -0.388 e. The zero-order valence-corrected chi connectivity index (χ0v) is 10.7. The lowest BCUT2D eigenvalue weighted by atomic mass is 9.74. The number of hydrogen-bond donors (Lipinski definition) is 1. The van der Waals surface area contributed by atoms with E-state index in [1.165, 1.54) is 10.9 Å². The highest BCUT2D eigenvalue weighted by atomic mass is 16.3. The smallest absolute Gasteiger partial charge is 0.136 e. The molecule has 2 aromatic carbocycles. The van der Waals surface area contributed by atoms with Gasteiger partial charge in [-0.3, -0.25) is 4.79 Å². The fourth-order valence-electron chi connectivity index (χ4n) is 3.94. The zero-order chi connectivity index (χ0) is 13.0. The number of benzene rings is 2. The van der Waals surface area contributed by atoms with E-state index in [-0.39, 0.29) is 5.92 Å². The van der Waals surface area contributed by atoms with E-state index in [9.17, 15) is 9.90 Å². The molecule has 0 aliphatic heterocycles. The van der Waals surface area contributed by atoms with Gasteiger partial charge in [0.05, 0.1) is 6.10 Å². The molecule has 0 spiro atoms. The van der Waals surface area contributed by atoms with Crippen LogP contribution in [0.15, 0.2) is 36.4 Å². The average molecular weight is 252 g/mol. The molecule has 1 saturated carbocycles. The number of carbonyl (C=O) groups is 1. The molecule has 1 N–H and O–H groups in total. The van der Waals surface area contributed by atoms with Crippen LogP contribution in [0.4, 0.5) is 0 Å². The van der Waals surface area contributed by atoms with Crippen molar-refractivity contribution < 1.29 is 9.90 Å². The molecule has 1 fully saturated rings. The van der Waals surface area contributed by atoms with Crippen LogP contribution in [0.25, 0.3) is 10.8 Å². The van der Waals surface area contributed by atoms with Gasteiger partial charge in [-0.2, -0.15) is 0 Å². The summed E-state index contributed by atoms with van der Waals surface area (Å²) in [5, 5.41) is 12.8. The van der Waals surface area contributed by atoms with E-state index in [4.69, 9.17) is 0 Å². The van der Waals surface area contributed by atoms with Crippen LogP contribution in [-0.2, 0) is 4.79 Å². The highest BCUT2D eigenvalue weighted by molar-refractivity contribution is 5.90. The third-order valence-corrected chi connectivity index (χ3v) is 4.82. The van der Waals surface area contributed by atoms with Crippen molar-refractivity contribution in [1.29, 1.82) is 0 Å². The van der Waals surface area contributed by atoms with Crippen molar-refractivity contribution >= 4 is 16.6 Å². The predicted octanol–water partition coefficient (Wildman–Crippen LogP) is 3.34. The summed E-state index contributed by atoms with van der Waals surface area (Å²) in [6.07, 6.45) is 1.73. The second kappa shape index (κ2) is 3.91. The van der Waals surface area contributed by atoms with Crippen LogP contribution in [0.2, 0.25) is 0 Å². The maximum atomic E-state index is 11.9. The minimum atomic E-state index is -0.496. The lowest BCUT2D eigenvalue weighted by molar-refractivity contribution is -0.122. The second-order valence-electron chi connectivity index (χ2n) is 5.76. The van der Waals surface area contributed by atoms with Gasteiger partial charge >= 0.3 is 0 Å². The van der Waals surface area contributed by atoms with Gasteiger partial charge in [-0.1, -0.05) is 36.4 Å². The average Bonchev–Trinajstić information content (AvgIpc) is 2.80. The number of aliphatic hydroxyl groups is 1. The van der Waals surface area contributed by atoms with E-state index in [0.717, 1.165) is 17.4 Å². The van der Waals surface area contributed by atoms with Gasteiger partial charge in [0.15, 0.2) is 0 Å². The molecule has 2 aliphatic rings. The monoisotopic (exact) mass is 252 g/mol. The number of fused-ring (bicyclic) bond motifs is 5. The molecule has 2 aliphatic carbocycles. The summed E-state index contributed by atoms with van der Waals surface area (Å²) in [4.78, 5) is 11.9. The van der Waals surface area contributed by atoms with E-state index in [0.29, 0.717) is 24.5 Å². The molecule has 2 nitrogen and oxygen atoms in total. The molecule has 19 heavy (non-hydrogen) atoms. The highest BCUT2D eigenvalue weighted by Crippen LogP contribution is 2.50. The minimum absolute atomic E-state index is 0.0451. The van der Waals surface area contributed by atoms with E-state index in [1.54, 1.807) is 0 Å². The van der Waals surface area contributed by atoms with Gasteiger partial charge in [-0.15, -0.1) is 0 Å². The molecular formula is C17H16O2. The van der Waals surface area contributed by atoms with Crippen molar-refractivity contribution in [3.8, 4) is 0 Å².